The highest BCUT2D eigenvalue weighted by atomic mass is 16.3. The number of fused-ring (bicyclic) bond motifs is 1. The molecule has 1 N–H and O–H groups in total. The van der Waals surface area contributed by atoms with E-state index < -0.39 is 0 Å². The molecule has 0 spiro atoms. The van der Waals surface area contributed by atoms with E-state index >= 15 is 0 Å². The van der Waals surface area contributed by atoms with Crippen LogP contribution in [0.25, 0.3) is 22.3 Å². The molecule has 0 aliphatic heterocycles. The molecule has 3 aromatic carbocycles. The van der Waals surface area contributed by atoms with Gasteiger partial charge in [-0.2, -0.15) is 0 Å². The highest BCUT2D eigenvalue weighted by molar-refractivity contribution is 5.83. The molecule has 0 saturated heterocycles. The first-order valence-corrected chi connectivity index (χ1v) is 8.72. The minimum atomic E-state index is -0.0462. The van der Waals surface area contributed by atoms with Crippen molar-refractivity contribution in [3.05, 3.63) is 94.6 Å². The molecular formula is C23H19NO2. The van der Waals surface area contributed by atoms with Gasteiger partial charge in [-0.1, -0.05) is 49.4 Å². The molecule has 0 radical (unpaired) electrons. The summed E-state index contributed by atoms with van der Waals surface area (Å²) in [6, 6.07) is 25.1. The number of anilines is 2. The van der Waals surface area contributed by atoms with Gasteiger partial charge in [0, 0.05) is 23.0 Å². The second kappa shape index (κ2) is 6.89. The Hall–Kier alpha value is -3.33. The van der Waals surface area contributed by atoms with Crippen molar-refractivity contribution in [2.45, 2.75) is 13.3 Å². The molecule has 128 valence electrons. The van der Waals surface area contributed by atoms with E-state index in [1.54, 1.807) is 6.07 Å². The Morgan fingerprint density at radius 3 is 2.31 bits per heavy atom. The molecule has 0 unspecified atom stereocenters. The van der Waals surface area contributed by atoms with Crippen molar-refractivity contribution in [2.24, 2.45) is 0 Å². The lowest BCUT2D eigenvalue weighted by Gasteiger charge is -2.09. The van der Waals surface area contributed by atoms with Gasteiger partial charge >= 0.3 is 0 Å². The van der Waals surface area contributed by atoms with Gasteiger partial charge in [-0.25, -0.2) is 0 Å². The van der Waals surface area contributed by atoms with E-state index in [0.29, 0.717) is 16.7 Å². The van der Waals surface area contributed by atoms with E-state index in [1.807, 2.05) is 60.7 Å². The highest BCUT2D eigenvalue weighted by Crippen LogP contribution is 2.25. The quantitative estimate of drug-likeness (QED) is 0.513. The third-order valence-electron chi connectivity index (χ3n) is 4.44. The Morgan fingerprint density at radius 2 is 1.58 bits per heavy atom. The van der Waals surface area contributed by atoms with Crippen LogP contribution < -0.4 is 10.7 Å². The van der Waals surface area contributed by atoms with E-state index in [-0.39, 0.29) is 5.43 Å². The summed E-state index contributed by atoms with van der Waals surface area (Å²) in [5.41, 5.74) is 4.58. The number of aryl methyl sites for hydroxylation is 1. The summed E-state index contributed by atoms with van der Waals surface area (Å²) in [5.74, 6) is 0.582. The molecule has 3 nitrogen and oxygen atoms in total. The second-order valence-electron chi connectivity index (χ2n) is 6.23. The average Bonchev–Trinajstić information content (AvgIpc) is 2.69. The summed E-state index contributed by atoms with van der Waals surface area (Å²) >= 11 is 0. The van der Waals surface area contributed by atoms with Crippen molar-refractivity contribution < 1.29 is 4.42 Å². The topological polar surface area (TPSA) is 42.2 Å². The molecule has 0 bridgehead atoms. The second-order valence-corrected chi connectivity index (χ2v) is 6.23. The monoisotopic (exact) mass is 341 g/mol. The largest absolute Gasteiger partial charge is 0.456 e. The van der Waals surface area contributed by atoms with Gasteiger partial charge in [0.05, 0.1) is 5.39 Å². The minimum absolute atomic E-state index is 0.0462. The van der Waals surface area contributed by atoms with Gasteiger partial charge in [0.15, 0.2) is 5.43 Å². The predicted octanol–water partition coefficient (Wildman–Crippen LogP) is 5.77. The Kier molecular flexibility index (Phi) is 4.28. The fourth-order valence-electron chi connectivity index (χ4n) is 2.97. The zero-order valence-corrected chi connectivity index (χ0v) is 14.5. The third kappa shape index (κ3) is 3.24. The standard InChI is InChI=1S/C23H19NO2/c1-2-16-8-10-18(11-9-16)24-19-12-13-22-20(14-19)21(25)15-23(26-22)17-6-4-3-5-7-17/h3-15,24H,2H2,1H3. The van der Waals surface area contributed by atoms with E-state index in [9.17, 15) is 4.79 Å². The molecule has 0 aliphatic rings. The zero-order chi connectivity index (χ0) is 17.9. The maximum atomic E-state index is 12.6. The molecule has 1 aromatic heterocycles. The maximum absolute atomic E-state index is 12.6. The van der Waals surface area contributed by atoms with Crippen molar-refractivity contribution >= 4 is 22.3 Å². The highest BCUT2D eigenvalue weighted by Gasteiger charge is 2.08. The summed E-state index contributed by atoms with van der Waals surface area (Å²) in [6.07, 6.45) is 1.01. The van der Waals surface area contributed by atoms with Gasteiger partial charge in [-0.15, -0.1) is 0 Å². The predicted molar refractivity (Wildman–Crippen MR) is 107 cm³/mol. The van der Waals surface area contributed by atoms with Gasteiger partial charge in [0.25, 0.3) is 0 Å². The molecule has 0 aliphatic carbocycles. The summed E-state index contributed by atoms with van der Waals surface area (Å²) < 4.78 is 5.94. The fraction of sp³-hybridized carbons (Fsp3) is 0.0870. The molecular weight excluding hydrogens is 322 g/mol. The number of hydrogen-bond donors (Lipinski definition) is 1. The lowest BCUT2D eigenvalue weighted by Crippen LogP contribution is -2.01. The van der Waals surface area contributed by atoms with Crippen LogP contribution in [0.2, 0.25) is 0 Å². The van der Waals surface area contributed by atoms with Gasteiger partial charge in [-0.05, 0) is 42.3 Å². The molecule has 1 heterocycles. The zero-order valence-electron chi connectivity index (χ0n) is 14.5. The molecule has 0 atom stereocenters. The first kappa shape index (κ1) is 16.2. The summed E-state index contributed by atoms with van der Waals surface area (Å²) in [5, 5.41) is 3.91. The van der Waals surface area contributed by atoms with Crippen LogP contribution in [0.15, 0.2) is 88.1 Å². The maximum Gasteiger partial charge on any atom is 0.193 e. The smallest absolute Gasteiger partial charge is 0.193 e. The number of nitrogens with one attached hydrogen (secondary N) is 1. The third-order valence-corrected chi connectivity index (χ3v) is 4.44. The van der Waals surface area contributed by atoms with Crippen LogP contribution in [0.5, 0.6) is 0 Å². The van der Waals surface area contributed by atoms with E-state index in [0.717, 1.165) is 23.4 Å². The van der Waals surface area contributed by atoms with Crippen LogP contribution in [-0.2, 0) is 6.42 Å². The van der Waals surface area contributed by atoms with Crippen LogP contribution in [0.1, 0.15) is 12.5 Å². The van der Waals surface area contributed by atoms with Gasteiger partial charge in [-0.3, -0.25) is 4.79 Å². The molecule has 4 aromatic rings. The number of benzene rings is 3. The van der Waals surface area contributed by atoms with Gasteiger partial charge in [0.2, 0.25) is 0 Å². The molecule has 3 heteroatoms. The van der Waals surface area contributed by atoms with Crippen molar-refractivity contribution in [3.63, 3.8) is 0 Å². The molecule has 26 heavy (non-hydrogen) atoms. The Morgan fingerprint density at radius 1 is 0.846 bits per heavy atom. The van der Waals surface area contributed by atoms with Crippen molar-refractivity contribution in [1.29, 1.82) is 0 Å². The van der Waals surface area contributed by atoms with Crippen molar-refractivity contribution in [3.8, 4) is 11.3 Å². The van der Waals surface area contributed by atoms with Gasteiger partial charge in [0.1, 0.15) is 11.3 Å². The Bertz CT molecular complexity index is 1100. The summed E-state index contributed by atoms with van der Waals surface area (Å²) in [7, 11) is 0. The number of hydrogen-bond acceptors (Lipinski definition) is 3. The molecule has 0 saturated carbocycles. The van der Waals surface area contributed by atoms with Crippen LogP contribution in [-0.4, -0.2) is 0 Å². The van der Waals surface area contributed by atoms with Crippen LogP contribution >= 0.6 is 0 Å². The summed E-state index contributed by atoms with van der Waals surface area (Å²) in [6.45, 7) is 2.13. The van der Waals surface area contributed by atoms with E-state index in [2.05, 4.69) is 24.4 Å². The molecule has 4 rings (SSSR count). The van der Waals surface area contributed by atoms with Crippen molar-refractivity contribution in [2.75, 3.05) is 5.32 Å². The molecule has 0 fully saturated rings. The van der Waals surface area contributed by atoms with Crippen molar-refractivity contribution in [1.82, 2.24) is 0 Å². The Labute approximate surface area is 151 Å². The van der Waals surface area contributed by atoms with Crippen LogP contribution in [0.4, 0.5) is 11.4 Å². The lowest BCUT2D eigenvalue weighted by molar-refractivity contribution is 0.619. The van der Waals surface area contributed by atoms with E-state index in [4.69, 9.17) is 4.42 Å². The Balaban J connectivity index is 1.69. The first-order valence-electron chi connectivity index (χ1n) is 8.72. The van der Waals surface area contributed by atoms with Gasteiger partial charge < -0.3 is 9.73 Å². The average molecular weight is 341 g/mol. The normalized spacial score (nSPS) is 10.8. The molecule has 0 amide bonds. The lowest BCUT2D eigenvalue weighted by atomic mass is 10.1. The van der Waals surface area contributed by atoms with E-state index in [1.165, 1.54) is 5.56 Å². The fourth-order valence-corrected chi connectivity index (χ4v) is 2.97. The first-order chi connectivity index (χ1) is 12.7. The van der Waals surface area contributed by atoms with Crippen LogP contribution in [0, 0.1) is 0 Å². The number of rotatable bonds is 4. The van der Waals surface area contributed by atoms with Crippen LogP contribution in [0.3, 0.4) is 0 Å². The minimum Gasteiger partial charge on any atom is -0.456 e. The SMILES string of the molecule is CCc1ccc(Nc2ccc3oc(-c4ccccc4)cc(=O)c3c2)cc1. The summed E-state index contributed by atoms with van der Waals surface area (Å²) in [4.78, 5) is 12.6.